The quantitative estimate of drug-likeness (QED) is 0.458. The van der Waals surface area contributed by atoms with Crippen molar-refractivity contribution in [3.8, 4) is 17.6 Å². The second kappa shape index (κ2) is 10.1. The maximum Gasteiger partial charge on any atom is 0.246 e. The third-order valence-corrected chi connectivity index (χ3v) is 7.57. The van der Waals surface area contributed by atoms with E-state index in [2.05, 4.69) is 16.7 Å². The SMILES string of the molecule is COc1ccc2c(c1OC)CCC2n1c(/C=C/C(=O)N2CC(C)OC(C)C2)c(C#N)c2c(C)cc(C)nc21. The number of methoxy groups -OCH3 is 2. The highest BCUT2D eigenvalue weighted by Gasteiger charge is 2.33. The van der Waals surface area contributed by atoms with E-state index in [0.717, 1.165) is 52.0 Å². The fourth-order valence-electron chi connectivity index (χ4n) is 6.15. The normalized spacial score (nSPS) is 21.1. The molecule has 0 spiro atoms. The summed E-state index contributed by atoms with van der Waals surface area (Å²) in [6.07, 6.45) is 4.96. The minimum absolute atomic E-state index is 0.0194. The lowest BCUT2D eigenvalue weighted by molar-refractivity contribution is -0.137. The van der Waals surface area contributed by atoms with Gasteiger partial charge in [0, 0.05) is 35.8 Å². The molecular formula is C30H34N4O4. The van der Waals surface area contributed by atoms with E-state index in [1.165, 1.54) is 0 Å². The molecule has 1 aliphatic heterocycles. The largest absolute Gasteiger partial charge is 0.493 e. The van der Waals surface area contributed by atoms with Crippen LogP contribution in [0, 0.1) is 25.2 Å². The van der Waals surface area contributed by atoms with Gasteiger partial charge in [-0.3, -0.25) is 4.79 Å². The van der Waals surface area contributed by atoms with Crippen molar-refractivity contribution in [3.63, 3.8) is 0 Å². The molecule has 3 aromatic rings. The van der Waals surface area contributed by atoms with Gasteiger partial charge in [0.05, 0.1) is 43.7 Å². The monoisotopic (exact) mass is 514 g/mol. The number of carbonyl (C=O) groups is 1. The van der Waals surface area contributed by atoms with Crippen molar-refractivity contribution >= 4 is 23.0 Å². The molecule has 2 aromatic heterocycles. The highest BCUT2D eigenvalue weighted by Crippen LogP contribution is 2.46. The van der Waals surface area contributed by atoms with Gasteiger partial charge in [0.1, 0.15) is 11.7 Å². The predicted octanol–water partition coefficient (Wildman–Crippen LogP) is 4.73. The average molecular weight is 515 g/mol. The Kier molecular flexibility index (Phi) is 6.89. The first-order valence-corrected chi connectivity index (χ1v) is 13.1. The van der Waals surface area contributed by atoms with Gasteiger partial charge in [-0.05, 0) is 69.9 Å². The molecule has 3 heterocycles. The maximum absolute atomic E-state index is 13.2. The number of pyridine rings is 1. The molecule has 0 N–H and O–H groups in total. The molecule has 198 valence electrons. The molecule has 0 saturated carbocycles. The van der Waals surface area contributed by atoms with Crippen molar-refractivity contribution in [3.05, 3.63) is 57.9 Å². The highest BCUT2D eigenvalue weighted by molar-refractivity contribution is 5.96. The van der Waals surface area contributed by atoms with Crippen LogP contribution in [0.5, 0.6) is 11.5 Å². The van der Waals surface area contributed by atoms with Gasteiger partial charge in [-0.15, -0.1) is 0 Å². The van der Waals surface area contributed by atoms with Crippen LogP contribution in [0.15, 0.2) is 24.3 Å². The van der Waals surface area contributed by atoms with Crippen molar-refractivity contribution in [2.75, 3.05) is 27.3 Å². The summed E-state index contributed by atoms with van der Waals surface area (Å²) in [5, 5.41) is 11.1. The molecule has 0 bridgehead atoms. The van der Waals surface area contributed by atoms with Crippen LogP contribution in [0.2, 0.25) is 0 Å². The standard InChI is InChI=1S/C30H34N4O4/c1-17-13-18(2)32-30-28(17)23(14-31)25(10-12-27(35)33-15-19(3)38-20(4)16-33)34(30)24-9-7-22-21(24)8-11-26(36-5)29(22)37-6/h8,10-13,19-20,24H,7,9,15-16H2,1-6H3/b12-10+. The molecule has 1 fully saturated rings. The van der Waals surface area contributed by atoms with Crippen molar-refractivity contribution in [2.45, 2.75) is 58.8 Å². The molecule has 1 amide bonds. The third-order valence-electron chi connectivity index (χ3n) is 7.57. The van der Waals surface area contributed by atoms with E-state index in [1.54, 1.807) is 26.4 Å². The highest BCUT2D eigenvalue weighted by atomic mass is 16.5. The van der Waals surface area contributed by atoms with E-state index < -0.39 is 0 Å². The van der Waals surface area contributed by atoms with Gasteiger partial charge in [0.25, 0.3) is 0 Å². The van der Waals surface area contributed by atoms with Gasteiger partial charge in [-0.2, -0.15) is 5.26 Å². The number of morpholine rings is 1. The second-order valence-corrected chi connectivity index (χ2v) is 10.3. The molecule has 1 aliphatic carbocycles. The lowest BCUT2D eigenvalue weighted by Crippen LogP contribution is -2.47. The number of fused-ring (bicyclic) bond motifs is 2. The Morgan fingerprint density at radius 1 is 1.18 bits per heavy atom. The molecule has 8 nitrogen and oxygen atoms in total. The Bertz CT molecular complexity index is 1470. The summed E-state index contributed by atoms with van der Waals surface area (Å²) in [6.45, 7) is 9.00. The van der Waals surface area contributed by atoms with E-state index in [0.29, 0.717) is 30.1 Å². The summed E-state index contributed by atoms with van der Waals surface area (Å²) in [5.74, 6) is 1.35. The molecule has 8 heteroatoms. The molecule has 1 saturated heterocycles. The molecule has 38 heavy (non-hydrogen) atoms. The number of aryl methyl sites for hydroxylation is 2. The van der Waals surface area contributed by atoms with Crippen LogP contribution in [-0.2, 0) is 16.0 Å². The van der Waals surface area contributed by atoms with Crippen molar-refractivity contribution in [1.29, 1.82) is 5.26 Å². The van der Waals surface area contributed by atoms with Gasteiger partial charge in [0.15, 0.2) is 11.5 Å². The number of aromatic nitrogens is 2. The lowest BCUT2D eigenvalue weighted by Gasteiger charge is -2.34. The molecule has 0 radical (unpaired) electrons. The number of ether oxygens (including phenoxy) is 3. The maximum atomic E-state index is 13.2. The number of nitriles is 1. The number of benzene rings is 1. The van der Waals surface area contributed by atoms with Crippen LogP contribution in [0.25, 0.3) is 17.1 Å². The Hall–Kier alpha value is -3.83. The topological polar surface area (TPSA) is 89.6 Å². The lowest BCUT2D eigenvalue weighted by atomic mass is 10.1. The minimum Gasteiger partial charge on any atom is -0.493 e. The van der Waals surface area contributed by atoms with E-state index in [-0.39, 0.29) is 24.2 Å². The molecular weight excluding hydrogens is 480 g/mol. The predicted molar refractivity (Wildman–Crippen MR) is 146 cm³/mol. The van der Waals surface area contributed by atoms with E-state index in [4.69, 9.17) is 19.2 Å². The van der Waals surface area contributed by atoms with E-state index in [9.17, 15) is 10.1 Å². The van der Waals surface area contributed by atoms with Gasteiger partial charge in [-0.25, -0.2) is 4.98 Å². The summed E-state index contributed by atoms with van der Waals surface area (Å²) in [4.78, 5) is 19.9. The molecule has 3 unspecified atom stereocenters. The fourth-order valence-corrected chi connectivity index (χ4v) is 6.15. The van der Waals surface area contributed by atoms with Crippen LogP contribution in [0.4, 0.5) is 0 Å². The number of carbonyl (C=O) groups excluding carboxylic acids is 1. The zero-order chi connectivity index (χ0) is 27.1. The first kappa shape index (κ1) is 25.8. The first-order chi connectivity index (χ1) is 18.3. The molecule has 5 rings (SSSR count). The number of amides is 1. The van der Waals surface area contributed by atoms with Crippen molar-refractivity contribution in [1.82, 2.24) is 14.5 Å². The van der Waals surface area contributed by atoms with E-state index in [1.807, 2.05) is 44.7 Å². The Labute approximate surface area is 223 Å². The molecule has 3 atom stereocenters. The number of hydrogen-bond donors (Lipinski definition) is 0. The van der Waals surface area contributed by atoms with Gasteiger partial charge < -0.3 is 23.7 Å². The zero-order valence-electron chi connectivity index (χ0n) is 22.9. The van der Waals surface area contributed by atoms with Crippen molar-refractivity contribution in [2.24, 2.45) is 0 Å². The van der Waals surface area contributed by atoms with Crippen LogP contribution in [0.3, 0.4) is 0 Å². The Morgan fingerprint density at radius 3 is 2.58 bits per heavy atom. The first-order valence-electron chi connectivity index (χ1n) is 13.1. The number of hydrogen-bond acceptors (Lipinski definition) is 6. The summed E-state index contributed by atoms with van der Waals surface area (Å²) in [6, 6.07) is 8.35. The fraction of sp³-hybridized carbons (Fsp3) is 0.433. The third kappa shape index (κ3) is 4.31. The van der Waals surface area contributed by atoms with Crippen molar-refractivity contribution < 1.29 is 19.0 Å². The molecule has 1 aromatic carbocycles. The molecule has 2 aliphatic rings. The zero-order valence-corrected chi connectivity index (χ0v) is 22.9. The van der Waals surface area contributed by atoms with Gasteiger partial charge in [0.2, 0.25) is 5.91 Å². The smallest absolute Gasteiger partial charge is 0.246 e. The van der Waals surface area contributed by atoms with Crippen LogP contribution in [-0.4, -0.2) is 59.9 Å². The van der Waals surface area contributed by atoms with Crippen LogP contribution < -0.4 is 9.47 Å². The minimum atomic E-state index is -0.0909. The van der Waals surface area contributed by atoms with E-state index >= 15 is 0 Å². The Morgan fingerprint density at radius 2 is 1.92 bits per heavy atom. The number of rotatable bonds is 5. The van der Waals surface area contributed by atoms with Gasteiger partial charge >= 0.3 is 0 Å². The Balaban J connectivity index is 1.67. The summed E-state index contributed by atoms with van der Waals surface area (Å²) in [7, 11) is 3.30. The van der Waals surface area contributed by atoms with Gasteiger partial charge in [-0.1, -0.05) is 6.07 Å². The number of nitrogens with zero attached hydrogens (tertiary/aromatic N) is 4. The summed E-state index contributed by atoms with van der Waals surface area (Å²) in [5.41, 5.74) is 6.07. The summed E-state index contributed by atoms with van der Waals surface area (Å²) < 4.78 is 19.2. The second-order valence-electron chi connectivity index (χ2n) is 10.3. The summed E-state index contributed by atoms with van der Waals surface area (Å²) >= 11 is 0. The van der Waals surface area contributed by atoms with Crippen LogP contribution >= 0.6 is 0 Å². The van der Waals surface area contributed by atoms with Crippen LogP contribution in [0.1, 0.15) is 60.0 Å². The average Bonchev–Trinajstić information content (AvgIpc) is 3.44.